The first-order valence-corrected chi connectivity index (χ1v) is 9.41. The number of nitrogens with one attached hydrogen (secondary N) is 1. The molecule has 1 unspecified atom stereocenters. The molecular weight excluding hydrogens is 375 g/mol. The number of guanidine groups is 1. The Morgan fingerprint density at radius 2 is 2.14 bits per heavy atom. The molecule has 3 rings (SSSR count). The Morgan fingerprint density at radius 3 is 2.86 bits per heavy atom. The minimum Gasteiger partial charge on any atom is -0.475 e. The molecule has 156 valence electrons. The van der Waals surface area contributed by atoms with Crippen LogP contribution in [0.4, 0.5) is 13.2 Å². The van der Waals surface area contributed by atoms with E-state index < -0.39 is 17.6 Å². The highest BCUT2D eigenvalue weighted by Gasteiger charge is 2.35. The number of pyridine rings is 1. The average Bonchev–Trinajstić information content (AvgIpc) is 3.18. The van der Waals surface area contributed by atoms with Crippen LogP contribution in [0.2, 0.25) is 0 Å². The van der Waals surface area contributed by atoms with E-state index in [-0.39, 0.29) is 6.61 Å². The van der Waals surface area contributed by atoms with Gasteiger partial charge in [0.15, 0.2) is 5.96 Å². The molecule has 0 saturated carbocycles. The van der Waals surface area contributed by atoms with Crippen LogP contribution in [-0.2, 0) is 10.9 Å². The predicted molar refractivity (Wildman–Crippen MR) is 98.5 cm³/mol. The van der Waals surface area contributed by atoms with Gasteiger partial charge in [-0.2, -0.15) is 13.2 Å². The quantitative estimate of drug-likeness (QED) is 0.458. The molecule has 2 aliphatic heterocycles. The average molecular weight is 401 g/mol. The third kappa shape index (κ3) is 5.26. The standard InChI is InChI=1S/C18H26F3N5O2/c1-22-17(26-7-4-14(13-26)25-8-11-27-12-9-25)24-6-10-28-16-15(18(19,20)21)3-2-5-23-16/h2-3,5,14H,4,6-13H2,1H3,(H,22,24). The van der Waals surface area contributed by atoms with Crippen molar-refractivity contribution < 1.29 is 22.6 Å². The summed E-state index contributed by atoms with van der Waals surface area (Å²) < 4.78 is 49.5. The predicted octanol–water partition coefficient (Wildman–Crippen LogP) is 1.46. The molecule has 0 spiro atoms. The number of morpholine rings is 1. The highest BCUT2D eigenvalue weighted by Crippen LogP contribution is 2.34. The largest absolute Gasteiger partial charge is 0.475 e. The molecule has 2 saturated heterocycles. The molecule has 28 heavy (non-hydrogen) atoms. The number of nitrogens with zero attached hydrogens (tertiary/aromatic N) is 4. The van der Waals surface area contributed by atoms with Gasteiger partial charge in [0, 0.05) is 45.5 Å². The molecule has 1 aromatic rings. The summed E-state index contributed by atoms with van der Waals surface area (Å²) in [7, 11) is 1.70. The first-order valence-electron chi connectivity index (χ1n) is 9.41. The van der Waals surface area contributed by atoms with Gasteiger partial charge in [0.1, 0.15) is 12.2 Å². The minimum absolute atomic E-state index is 0.0554. The fourth-order valence-corrected chi connectivity index (χ4v) is 3.54. The van der Waals surface area contributed by atoms with Gasteiger partial charge in [0.2, 0.25) is 5.88 Å². The van der Waals surface area contributed by atoms with Crippen LogP contribution in [0, 0.1) is 0 Å². The molecule has 0 bridgehead atoms. The van der Waals surface area contributed by atoms with Gasteiger partial charge in [-0.25, -0.2) is 4.98 Å². The third-order valence-corrected chi connectivity index (χ3v) is 4.94. The van der Waals surface area contributed by atoms with Crippen molar-refractivity contribution in [2.45, 2.75) is 18.6 Å². The molecule has 2 aliphatic rings. The molecule has 1 aromatic heterocycles. The highest BCUT2D eigenvalue weighted by atomic mass is 19.4. The van der Waals surface area contributed by atoms with E-state index in [1.165, 1.54) is 12.3 Å². The van der Waals surface area contributed by atoms with Gasteiger partial charge in [-0.3, -0.25) is 9.89 Å². The SMILES string of the molecule is CN=C(NCCOc1ncccc1C(F)(F)F)N1CCC(N2CCOCC2)C1. The van der Waals surface area contributed by atoms with E-state index in [1.807, 2.05) is 0 Å². The topological polar surface area (TPSA) is 62.2 Å². The van der Waals surface area contributed by atoms with Gasteiger partial charge >= 0.3 is 6.18 Å². The zero-order chi connectivity index (χ0) is 20.0. The summed E-state index contributed by atoms with van der Waals surface area (Å²) in [6.07, 6.45) is -2.15. The lowest BCUT2D eigenvalue weighted by Crippen LogP contribution is -2.47. The van der Waals surface area contributed by atoms with Gasteiger partial charge in [0.05, 0.1) is 19.8 Å². The van der Waals surface area contributed by atoms with Crippen molar-refractivity contribution in [2.75, 3.05) is 59.6 Å². The maximum atomic E-state index is 13.0. The van der Waals surface area contributed by atoms with Crippen molar-refractivity contribution in [3.63, 3.8) is 0 Å². The first-order chi connectivity index (χ1) is 13.5. The second-order valence-corrected chi connectivity index (χ2v) is 6.71. The molecule has 3 heterocycles. The Morgan fingerprint density at radius 1 is 1.36 bits per heavy atom. The molecule has 0 aromatic carbocycles. The molecule has 7 nitrogen and oxygen atoms in total. The van der Waals surface area contributed by atoms with Crippen LogP contribution in [0.25, 0.3) is 0 Å². The fourth-order valence-electron chi connectivity index (χ4n) is 3.54. The van der Waals surface area contributed by atoms with Crippen molar-refractivity contribution in [3.8, 4) is 5.88 Å². The summed E-state index contributed by atoms with van der Waals surface area (Å²) in [6, 6.07) is 2.68. The lowest BCUT2D eigenvalue weighted by molar-refractivity contribution is -0.139. The van der Waals surface area contributed by atoms with Crippen LogP contribution in [0.5, 0.6) is 5.88 Å². The Bertz CT molecular complexity index is 665. The van der Waals surface area contributed by atoms with Gasteiger partial charge in [-0.15, -0.1) is 0 Å². The van der Waals surface area contributed by atoms with Crippen LogP contribution >= 0.6 is 0 Å². The molecule has 0 radical (unpaired) electrons. The molecular formula is C18H26F3N5O2. The van der Waals surface area contributed by atoms with Crippen LogP contribution in [0.1, 0.15) is 12.0 Å². The van der Waals surface area contributed by atoms with Gasteiger partial charge in [0.25, 0.3) is 0 Å². The number of halogens is 3. The number of ether oxygens (including phenoxy) is 2. The maximum absolute atomic E-state index is 13.0. The summed E-state index contributed by atoms with van der Waals surface area (Å²) in [4.78, 5) is 12.6. The van der Waals surface area contributed by atoms with Crippen LogP contribution in [0.15, 0.2) is 23.3 Å². The number of hydrogen-bond donors (Lipinski definition) is 1. The second-order valence-electron chi connectivity index (χ2n) is 6.71. The molecule has 0 aliphatic carbocycles. The minimum atomic E-state index is -4.49. The second kappa shape index (κ2) is 9.42. The Labute approximate surface area is 162 Å². The van der Waals surface area contributed by atoms with Crippen LogP contribution in [-0.4, -0.2) is 86.4 Å². The molecule has 1 atom stereocenters. The summed E-state index contributed by atoms with van der Waals surface area (Å²) in [6.45, 7) is 5.59. The summed E-state index contributed by atoms with van der Waals surface area (Å²) in [5.74, 6) is 0.330. The van der Waals surface area contributed by atoms with E-state index in [9.17, 15) is 13.2 Å². The number of alkyl halides is 3. The summed E-state index contributed by atoms with van der Waals surface area (Å²) >= 11 is 0. The van der Waals surface area contributed by atoms with E-state index in [0.717, 1.165) is 57.8 Å². The van der Waals surface area contributed by atoms with Crippen molar-refractivity contribution in [1.82, 2.24) is 20.1 Å². The summed E-state index contributed by atoms with van der Waals surface area (Å²) in [5.41, 5.74) is -0.868. The smallest absolute Gasteiger partial charge is 0.421 e. The van der Waals surface area contributed by atoms with Crippen LogP contribution in [0.3, 0.4) is 0 Å². The number of rotatable bonds is 5. The lowest BCUT2D eigenvalue weighted by atomic mass is 10.2. The van der Waals surface area contributed by atoms with E-state index >= 15 is 0 Å². The van der Waals surface area contributed by atoms with E-state index in [4.69, 9.17) is 9.47 Å². The van der Waals surface area contributed by atoms with Gasteiger partial charge in [-0.05, 0) is 18.6 Å². The van der Waals surface area contributed by atoms with E-state index in [2.05, 4.69) is 25.1 Å². The van der Waals surface area contributed by atoms with Crippen molar-refractivity contribution in [1.29, 1.82) is 0 Å². The number of likely N-dealkylation sites (tertiary alicyclic amines) is 1. The molecule has 2 fully saturated rings. The molecule has 10 heteroatoms. The maximum Gasteiger partial charge on any atom is 0.421 e. The van der Waals surface area contributed by atoms with E-state index in [0.29, 0.717) is 12.6 Å². The van der Waals surface area contributed by atoms with Crippen molar-refractivity contribution in [2.24, 2.45) is 4.99 Å². The molecule has 1 N–H and O–H groups in total. The highest BCUT2D eigenvalue weighted by molar-refractivity contribution is 5.80. The van der Waals surface area contributed by atoms with Gasteiger partial charge < -0.3 is 19.7 Å². The zero-order valence-electron chi connectivity index (χ0n) is 15.9. The van der Waals surface area contributed by atoms with Gasteiger partial charge in [-0.1, -0.05) is 0 Å². The Kier molecular flexibility index (Phi) is 6.95. The van der Waals surface area contributed by atoms with Crippen LogP contribution < -0.4 is 10.1 Å². The zero-order valence-corrected chi connectivity index (χ0v) is 15.9. The Balaban J connectivity index is 1.45. The Hall–Kier alpha value is -2.07. The third-order valence-electron chi connectivity index (χ3n) is 4.94. The normalized spacial score (nSPS) is 21.8. The first kappa shape index (κ1) is 20.7. The van der Waals surface area contributed by atoms with Crippen molar-refractivity contribution in [3.05, 3.63) is 23.9 Å². The lowest BCUT2D eigenvalue weighted by Gasteiger charge is -2.32. The number of aromatic nitrogens is 1. The summed E-state index contributed by atoms with van der Waals surface area (Å²) in [5, 5.41) is 3.16. The number of hydrogen-bond acceptors (Lipinski definition) is 5. The number of aliphatic imine (C=N–C) groups is 1. The molecule has 0 amide bonds. The monoisotopic (exact) mass is 401 g/mol. The fraction of sp³-hybridized carbons (Fsp3) is 0.667. The van der Waals surface area contributed by atoms with E-state index in [1.54, 1.807) is 7.05 Å². The van der Waals surface area contributed by atoms with Crippen molar-refractivity contribution >= 4 is 5.96 Å².